The summed E-state index contributed by atoms with van der Waals surface area (Å²) in [7, 11) is 1.55. The van der Waals surface area contributed by atoms with Gasteiger partial charge in [-0.1, -0.05) is 12.1 Å². The molecule has 0 saturated heterocycles. The van der Waals surface area contributed by atoms with E-state index in [2.05, 4.69) is 10.6 Å². The number of methoxy groups -OCH3 is 1. The first-order valence-corrected chi connectivity index (χ1v) is 8.20. The van der Waals surface area contributed by atoms with Crippen LogP contribution in [0.2, 0.25) is 0 Å². The molecule has 3 N–H and O–H groups in total. The Morgan fingerprint density at radius 3 is 2.52 bits per heavy atom. The van der Waals surface area contributed by atoms with Crippen molar-refractivity contribution in [1.29, 1.82) is 0 Å². The van der Waals surface area contributed by atoms with Gasteiger partial charge in [0, 0.05) is 13.0 Å². The average molecular weight is 372 g/mol. The number of nitrogens with one attached hydrogen (secondary N) is 2. The maximum atomic E-state index is 12.4. The molecule has 0 aliphatic rings. The molecule has 27 heavy (non-hydrogen) atoms. The Balaban J connectivity index is 2.13. The second-order valence-corrected chi connectivity index (χ2v) is 5.52. The Labute approximate surface area is 155 Å². The van der Waals surface area contributed by atoms with Crippen LogP contribution in [0.4, 0.5) is 0 Å². The van der Waals surface area contributed by atoms with Crippen LogP contribution in [0.1, 0.15) is 29.0 Å². The highest BCUT2D eigenvalue weighted by molar-refractivity contribution is 6.04. The molecule has 0 spiro atoms. The van der Waals surface area contributed by atoms with Crippen molar-refractivity contribution in [3.63, 3.8) is 0 Å². The van der Waals surface area contributed by atoms with Crippen LogP contribution in [0.3, 0.4) is 0 Å². The monoisotopic (exact) mass is 372 g/mol. The zero-order valence-corrected chi connectivity index (χ0v) is 14.7. The molecule has 2 aromatic rings. The lowest BCUT2D eigenvalue weighted by Gasteiger charge is -2.10. The summed E-state index contributed by atoms with van der Waals surface area (Å²) in [6.45, 7) is 0.168. The van der Waals surface area contributed by atoms with E-state index in [-0.39, 0.29) is 30.8 Å². The zero-order chi connectivity index (χ0) is 19.6. The van der Waals surface area contributed by atoms with E-state index in [0.717, 1.165) is 0 Å². The van der Waals surface area contributed by atoms with Crippen LogP contribution in [0.15, 0.2) is 52.8 Å². The second kappa shape index (κ2) is 9.81. The van der Waals surface area contributed by atoms with Crippen molar-refractivity contribution in [3.8, 4) is 5.75 Å². The van der Waals surface area contributed by atoms with Gasteiger partial charge in [-0.3, -0.25) is 14.4 Å². The van der Waals surface area contributed by atoms with Gasteiger partial charge in [0.15, 0.2) is 5.76 Å². The summed E-state index contributed by atoms with van der Waals surface area (Å²) < 4.78 is 10.1. The number of aliphatic carboxylic acids is 1. The predicted molar refractivity (Wildman–Crippen MR) is 97.0 cm³/mol. The molecule has 8 nitrogen and oxygen atoms in total. The number of ether oxygens (including phenoxy) is 1. The van der Waals surface area contributed by atoms with E-state index in [9.17, 15) is 14.4 Å². The third kappa shape index (κ3) is 6.35. The number of carbonyl (C=O) groups is 3. The molecule has 0 aliphatic heterocycles. The average Bonchev–Trinajstić information content (AvgIpc) is 3.20. The minimum absolute atomic E-state index is 0.0110. The van der Waals surface area contributed by atoms with E-state index < -0.39 is 17.8 Å². The molecule has 0 atom stereocenters. The number of benzene rings is 1. The summed E-state index contributed by atoms with van der Waals surface area (Å²) in [5.41, 5.74) is 0.683. The van der Waals surface area contributed by atoms with Crippen LogP contribution < -0.4 is 15.4 Å². The topological polar surface area (TPSA) is 118 Å². The molecule has 2 rings (SSSR count). The van der Waals surface area contributed by atoms with Crippen LogP contribution in [0.5, 0.6) is 5.75 Å². The summed E-state index contributed by atoms with van der Waals surface area (Å²) in [4.78, 5) is 35.2. The standard InChI is InChI=1S/C19H20N2O6/c1-26-14-8-6-13(7-9-14)12-15(18(24)20-10-2-5-17(22)23)21-19(25)16-4-3-11-27-16/h3-4,6-9,11-12H,2,5,10H2,1H3,(H,20,24)(H,21,25)(H,22,23)/b15-12-. The van der Waals surface area contributed by atoms with Gasteiger partial charge in [0.05, 0.1) is 13.4 Å². The molecular formula is C19H20N2O6. The normalized spacial score (nSPS) is 10.9. The van der Waals surface area contributed by atoms with E-state index in [4.69, 9.17) is 14.3 Å². The lowest BCUT2D eigenvalue weighted by molar-refractivity contribution is -0.137. The van der Waals surface area contributed by atoms with Gasteiger partial charge in [0.25, 0.3) is 11.8 Å². The van der Waals surface area contributed by atoms with Crippen LogP contribution in [0, 0.1) is 0 Å². The van der Waals surface area contributed by atoms with E-state index in [1.165, 1.54) is 18.4 Å². The molecule has 0 saturated carbocycles. The molecule has 0 unspecified atom stereocenters. The molecule has 2 amide bonds. The van der Waals surface area contributed by atoms with Crippen molar-refractivity contribution in [2.24, 2.45) is 0 Å². The fourth-order valence-electron chi connectivity index (χ4n) is 2.15. The highest BCUT2D eigenvalue weighted by atomic mass is 16.5. The number of carbonyl (C=O) groups excluding carboxylic acids is 2. The van der Waals surface area contributed by atoms with Gasteiger partial charge < -0.3 is 24.9 Å². The first-order valence-electron chi connectivity index (χ1n) is 8.20. The number of amides is 2. The highest BCUT2D eigenvalue weighted by Gasteiger charge is 2.16. The Bertz CT molecular complexity index is 809. The summed E-state index contributed by atoms with van der Waals surface area (Å²) >= 11 is 0. The number of hydrogen-bond donors (Lipinski definition) is 3. The molecule has 0 radical (unpaired) electrons. The molecule has 1 aromatic heterocycles. The van der Waals surface area contributed by atoms with Gasteiger partial charge in [-0.05, 0) is 42.3 Å². The number of hydrogen-bond acceptors (Lipinski definition) is 5. The first kappa shape index (κ1) is 19.8. The lowest BCUT2D eigenvalue weighted by Crippen LogP contribution is -2.35. The van der Waals surface area contributed by atoms with Crippen LogP contribution in [-0.2, 0) is 9.59 Å². The zero-order valence-electron chi connectivity index (χ0n) is 14.7. The maximum Gasteiger partial charge on any atom is 0.303 e. The van der Waals surface area contributed by atoms with E-state index in [1.54, 1.807) is 37.4 Å². The Morgan fingerprint density at radius 2 is 1.93 bits per heavy atom. The fourth-order valence-corrected chi connectivity index (χ4v) is 2.15. The smallest absolute Gasteiger partial charge is 0.303 e. The quantitative estimate of drug-likeness (QED) is 0.458. The van der Waals surface area contributed by atoms with Gasteiger partial charge in [0.1, 0.15) is 11.4 Å². The van der Waals surface area contributed by atoms with Crippen LogP contribution in [-0.4, -0.2) is 36.5 Å². The minimum Gasteiger partial charge on any atom is -0.497 e. The third-order valence-corrected chi connectivity index (χ3v) is 3.52. The molecule has 0 fully saturated rings. The third-order valence-electron chi connectivity index (χ3n) is 3.52. The fraction of sp³-hybridized carbons (Fsp3) is 0.211. The molecule has 0 bridgehead atoms. The molecule has 1 heterocycles. The van der Waals surface area contributed by atoms with Crippen molar-refractivity contribution in [2.75, 3.05) is 13.7 Å². The van der Waals surface area contributed by atoms with E-state index in [1.807, 2.05) is 0 Å². The molecule has 8 heteroatoms. The predicted octanol–water partition coefficient (Wildman–Crippen LogP) is 2.04. The van der Waals surface area contributed by atoms with Crippen molar-refractivity contribution in [1.82, 2.24) is 10.6 Å². The lowest BCUT2D eigenvalue weighted by atomic mass is 10.1. The van der Waals surface area contributed by atoms with Gasteiger partial charge >= 0.3 is 5.97 Å². The minimum atomic E-state index is -0.940. The number of furan rings is 1. The van der Waals surface area contributed by atoms with Crippen molar-refractivity contribution < 1.29 is 28.6 Å². The van der Waals surface area contributed by atoms with E-state index >= 15 is 0 Å². The Hall–Kier alpha value is -3.55. The number of carboxylic acids is 1. The van der Waals surface area contributed by atoms with Crippen molar-refractivity contribution in [2.45, 2.75) is 12.8 Å². The summed E-state index contributed by atoms with van der Waals surface area (Å²) in [5, 5.41) is 13.8. The Kier molecular flexibility index (Phi) is 7.18. The van der Waals surface area contributed by atoms with Crippen molar-refractivity contribution >= 4 is 23.9 Å². The molecule has 0 aliphatic carbocycles. The second-order valence-electron chi connectivity index (χ2n) is 5.52. The summed E-state index contributed by atoms with van der Waals surface area (Å²) in [6.07, 6.45) is 3.08. The maximum absolute atomic E-state index is 12.4. The molecule has 142 valence electrons. The van der Waals surface area contributed by atoms with Gasteiger partial charge in [-0.15, -0.1) is 0 Å². The SMILES string of the molecule is COc1ccc(/C=C(\NC(=O)c2ccco2)C(=O)NCCCC(=O)O)cc1. The van der Waals surface area contributed by atoms with E-state index in [0.29, 0.717) is 11.3 Å². The Morgan fingerprint density at radius 1 is 1.19 bits per heavy atom. The van der Waals surface area contributed by atoms with Gasteiger partial charge in [-0.2, -0.15) is 0 Å². The van der Waals surface area contributed by atoms with Crippen LogP contribution in [0.25, 0.3) is 6.08 Å². The van der Waals surface area contributed by atoms with Gasteiger partial charge in [-0.25, -0.2) is 0 Å². The molecule has 1 aromatic carbocycles. The first-order chi connectivity index (χ1) is 13.0. The van der Waals surface area contributed by atoms with Crippen LogP contribution >= 0.6 is 0 Å². The number of rotatable bonds is 9. The highest BCUT2D eigenvalue weighted by Crippen LogP contribution is 2.14. The molecular weight excluding hydrogens is 352 g/mol. The van der Waals surface area contributed by atoms with Crippen molar-refractivity contribution in [3.05, 3.63) is 59.7 Å². The summed E-state index contributed by atoms with van der Waals surface area (Å²) in [5.74, 6) is -1.32. The summed E-state index contributed by atoms with van der Waals surface area (Å²) in [6, 6.07) is 9.95. The number of carboxylic acid groups (broad SMARTS) is 1. The largest absolute Gasteiger partial charge is 0.497 e. The van der Waals surface area contributed by atoms with Gasteiger partial charge in [0.2, 0.25) is 0 Å².